The molecule has 0 aliphatic heterocycles. The van der Waals surface area contributed by atoms with Gasteiger partial charge in [-0.1, -0.05) is 6.07 Å². The third kappa shape index (κ3) is 4.06. The van der Waals surface area contributed by atoms with Gasteiger partial charge in [-0.05, 0) is 37.4 Å². The summed E-state index contributed by atoms with van der Waals surface area (Å²) in [5.41, 5.74) is 0.575. The molecule has 2 aromatic rings. The highest BCUT2D eigenvalue weighted by Crippen LogP contribution is 2.09. The van der Waals surface area contributed by atoms with Crippen LogP contribution in [0.2, 0.25) is 0 Å². The summed E-state index contributed by atoms with van der Waals surface area (Å²) >= 11 is 1.63. The highest BCUT2D eigenvalue weighted by Gasteiger charge is 2.06. The number of nitrogens with one attached hydrogen (secondary N) is 2. The first kappa shape index (κ1) is 13.5. The molecule has 0 atom stereocenters. The van der Waals surface area contributed by atoms with E-state index in [9.17, 15) is 4.79 Å². The van der Waals surface area contributed by atoms with Crippen LogP contribution < -0.4 is 10.6 Å². The molecule has 2 N–H and O–H groups in total. The fourth-order valence-electron chi connectivity index (χ4n) is 1.59. The number of carbonyl (C=O) groups is 1. The summed E-state index contributed by atoms with van der Waals surface area (Å²) < 4.78 is 0. The Bertz CT molecular complexity index is 520. The minimum Gasteiger partial charge on any atom is -0.368 e. The summed E-state index contributed by atoms with van der Waals surface area (Å²) in [6, 6.07) is 7.89. The van der Waals surface area contributed by atoms with E-state index in [1.807, 2.05) is 37.4 Å². The Hall–Kier alpha value is -1.88. The molecule has 0 saturated carbocycles. The van der Waals surface area contributed by atoms with Crippen molar-refractivity contribution in [2.45, 2.75) is 26.4 Å². The third-order valence-electron chi connectivity index (χ3n) is 2.47. The molecular weight excluding hydrogens is 258 g/mol. The lowest BCUT2D eigenvalue weighted by Gasteiger charge is -2.09. The van der Waals surface area contributed by atoms with Gasteiger partial charge in [-0.25, -0.2) is 4.98 Å². The van der Waals surface area contributed by atoms with Crippen molar-refractivity contribution < 1.29 is 4.79 Å². The number of pyridine rings is 1. The van der Waals surface area contributed by atoms with Crippen LogP contribution in [0.1, 0.15) is 29.1 Å². The lowest BCUT2D eigenvalue weighted by Crippen LogP contribution is -2.22. The van der Waals surface area contributed by atoms with Gasteiger partial charge in [0.2, 0.25) is 0 Å². The maximum absolute atomic E-state index is 11.9. The molecule has 0 aromatic carbocycles. The highest BCUT2D eigenvalue weighted by atomic mass is 32.1. The van der Waals surface area contributed by atoms with E-state index in [2.05, 4.69) is 15.6 Å². The van der Waals surface area contributed by atoms with Gasteiger partial charge in [-0.15, -0.1) is 11.3 Å². The summed E-state index contributed by atoms with van der Waals surface area (Å²) in [6.45, 7) is 4.65. The van der Waals surface area contributed by atoms with Gasteiger partial charge in [0.15, 0.2) is 0 Å². The van der Waals surface area contributed by atoms with E-state index >= 15 is 0 Å². The number of rotatable bonds is 5. The van der Waals surface area contributed by atoms with E-state index in [1.165, 1.54) is 0 Å². The van der Waals surface area contributed by atoms with Crippen molar-refractivity contribution in [2.75, 3.05) is 5.32 Å². The molecule has 2 rings (SSSR count). The number of thiophene rings is 1. The highest BCUT2D eigenvalue weighted by molar-refractivity contribution is 7.09. The topological polar surface area (TPSA) is 54.0 Å². The van der Waals surface area contributed by atoms with Crippen LogP contribution in [0.15, 0.2) is 35.8 Å². The maximum atomic E-state index is 11.9. The fourth-order valence-corrected chi connectivity index (χ4v) is 2.24. The first-order chi connectivity index (χ1) is 9.15. The minimum absolute atomic E-state index is 0.100. The van der Waals surface area contributed by atoms with Crippen LogP contribution in [-0.4, -0.2) is 16.9 Å². The van der Waals surface area contributed by atoms with Crippen molar-refractivity contribution in [1.29, 1.82) is 0 Å². The molecule has 1 amide bonds. The molecule has 5 heteroatoms. The Morgan fingerprint density at radius 3 is 2.79 bits per heavy atom. The fraction of sp³-hybridized carbons (Fsp3) is 0.286. The summed E-state index contributed by atoms with van der Waals surface area (Å²) in [6.07, 6.45) is 1.59. The molecule has 0 unspecified atom stereocenters. The first-order valence-electron chi connectivity index (χ1n) is 6.18. The number of hydrogen-bond donors (Lipinski definition) is 2. The second-order valence-corrected chi connectivity index (χ2v) is 5.53. The molecule has 0 saturated heterocycles. The van der Waals surface area contributed by atoms with Crippen LogP contribution in [-0.2, 0) is 6.54 Å². The second-order valence-electron chi connectivity index (χ2n) is 4.49. The maximum Gasteiger partial charge on any atom is 0.253 e. The van der Waals surface area contributed by atoms with Crippen molar-refractivity contribution in [3.8, 4) is 0 Å². The first-order valence-corrected chi connectivity index (χ1v) is 7.06. The predicted octanol–water partition coefficient (Wildman–Crippen LogP) is 2.89. The van der Waals surface area contributed by atoms with Crippen LogP contribution in [0.4, 0.5) is 5.82 Å². The lowest BCUT2D eigenvalue weighted by molar-refractivity contribution is 0.0951. The van der Waals surface area contributed by atoms with Gasteiger partial charge in [0.25, 0.3) is 5.91 Å². The Morgan fingerprint density at radius 1 is 1.37 bits per heavy atom. The molecule has 0 bridgehead atoms. The molecule has 0 aliphatic rings. The SMILES string of the molecule is CC(C)Nc1ccc(C(=O)NCc2cccs2)cn1. The number of nitrogens with zero attached hydrogens (tertiary/aromatic N) is 1. The third-order valence-corrected chi connectivity index (χ3v) is 3.34. The van der Waals surface area contributed by atoms with E-state index in [0.29, 0.717) is 18.2 Å². The molecule has 0 radical (unpaired) electrons. The Balaban J connectivity index is 1.92. The monoisotopic (exact) mass is 275 g/mol. The number of carbonyl (C=O) groups excluding carboxylic acids is 1. The van der Waals surface area contributed by atoms with Crippen molar-refractivity contribution in [3.05, 3.63) is 46.3 Å². The minimum atomic E-state index is -0.100. The summed E-state index contributed by atoms with van der Waals surface area (Å²) in [5, 5.41) is 8.05. The predicted molar refractivity (Wildman–Crippen MR) is 78.5 cm³/mol. The average Bonchev–Trinajstić information content (AvgIpc) is 2.89. The van der Waals surface area contributed by atoms with Crippen LogP contribution in [0, 0.1) is 0 Å². The average molecular weight is 275 g/mol. The van der Waals surface area contributed by atoms with Gasteiger partial charge >= 0.3 is 0 Å². The zero-order valence-corrected chi connectivity index (χ0v) is 11.8. The number of amides is 1. The zero-order valence-electron chi connectivity index (χ0n) is 11.0. The molecule has 2 aromatic heterocycles. The summed E-state index contributed by atoms with van der Waals surface area (Å²) in [7, 11) is 0. The molecule has 0 aliphatic carbocycles. The second kappa shape index (κ2) is 6.33. The van der Waals surface area contributed by atoms with E-state index < -0.39 is 0 Å². The van der Waals surface area contributed by atoms with Crippen molar-refractivity contribution in [1.82, 2.24) is 10.3 Å². The smallest absolute Gasteiger partial charge is 0.253 e. The van der Waals surface area contributed by atoms with Gasteiger partial charge in [-0.3, -0.25) is 4.79 Å². The summed E-state index contributed by atoms with van der Waals surface area (Å²) in [5.74, 6) is 0.682. The van der Waals surface area contributed by atoms with Gasteiger partial charge in [0.1, 0.15) is 5.82 Å². The molecule has 19 heavy (non-hydrogen) atoms. The zero-order chi connectivity index (χ0) is 13.7. The van der Waals surface area contributed by atoms with E-state index in [1.54, 1.807) is 23.6 Å². The van der Waals surface area contributed by atoms with Crippen LogP contribution in [0.5, 0.6) is 0 Å². The van der Waals surface area contributed by atoms with E-state index in [4.69, 9.17) is 0 Å². The van der Waals surface area contributed by atoms with Gasteiger partial charge < -0.3 is 10.6 Å². The normalized spacial score (nSPS) is 10.5. The van der Waals surface area contributed by atoms with Crippen molar-refractivity contribution in [3.63, 3.8) is 0 Å². The van der Waals surface area contributed by atoms with Crippen molar-refractivity contribution in [2.24, 2.45) is 0 Å². The largest absolute Gasteiger partial charge is 0.368 e. The molecular formula is C14H17N3OS. The number of anilines is 1. The standard InChI is InChI=1S/C14H17N3OS/c1-10(2)17-13-6-5-11(8-15-13)14(18)16-9-12-4-3-7-19-12/h3-8,10H,9H2,1-2H3,(H,15,17)(H,16,18). The van der Waals surface area contributed by atoms with E-state index in [-0.39, 0.29) is 5.91 Å². The number of hydrogen-bond acceptors (Lipinski definition) is 4. The summed E-state index contributed by atoms with van der Waals surface area (Å²) in [4.78, 5) is 17.3. The van der Waals surface area contributed by atoms with Crippen LogP contribution in [0.3, 0.4) is 0 Å². The van der Waals surface area contributed by atoms with Crippen LogP contribution >= 0.6 is 11.3 Å². The van der Waals surface area contributed by atoms with Gasteiger partial charge in [0.05, 0.1) is 12.1 Å². The molecule has 2 heterocycles. The Labute approximate surface area is 116 Å². The molecule has 0 spiro atoms. The Kier molecular flexibility index (Phi) is 4.52. The van der Waals surface area contributed by atoms with Crippen molar-refractivity contribution >= 4 is 23.1 Å². The molecule has 100 valence electrons. The quantitative estimate of drug-likeness (QED) is 0.882. The Morgan fingerprint density at radius 2 is 2.21 bits per heavy atom. The number of aromatic nitrogens is 1. The van der Waals surface area contributed by atoms with Gasteiger partial charge in [-0.2, -0.15) is 0 Å². The van der Waals surface area contributed by atoms with Gasteiger partial charge in [0, 0.05) is 17.1 Å². The molecule has 0 fully saturated rings. The molecule has 4 nitrogen and oxygen atoms in total. The van der Waals surface area contributed by atoms with E-state index in [0.717, 1.165) is 10.7 Å². The lowest BCUT2D eigenvalue weighted by atomic mass is 10.2. The van der Waals surface area contributed by atoms with Crippen LogP contribution in [0.25, 0.3) is 0 Å².